The lowest BCUT2D eigenvalue weighted by Crippen LogP contribution is -2.34. The lowest BCUT2D eigenvalue weighted by atomic mass is 10.1. The summed E-state index contributed by atoms with van der Waals surface area (Å²) in [5.41, 5.74) is 1.85. The van der Waals surface area contributed by atoms with E-state index in [0.29, 0.717) is 12.6 Å². The van der Waals surface area contributed by atoms with Gasteiger partial charge in [-0.3, -0.25) is 0 Å². The highest BCUT2D eigenvalue weighted by Crippen LogP contribution is 2.09. The number of rotatable bonds is 7. The molecule has 1 atom stereocenters. The first-order valence-electron chi connectivity index (χ1n) is 6.70. The second-order valence-corrected chi connectivity index (χ2v) is 5.01. The van der Waals surface area contributed by atoms with Crippen molar-refractivity contribution in [3.63, 3.8) is 0 Å². The van der Waals surface area contributed by atoms with Gasteiger partial charge in [-0.05, 0) is 33.4 Å². The first kappa shape index (κ1) is 15.1. The van der Waals surface area contributed by atoms with Crippen LogP contribution >= 0.6 is 0 Å². The molecule has 3 heteroatoms. The van der Waals surface area contributed by atoms with Crippen LogP contribution in [0, 0.1) is 12.7 Å². The Bertz CT molecular complexity index is 366. The smallest absolute Gasteiger partial charge is 0.127 e. The van der Waals surface area contributed by atoms with E-state index in [2.05, 4.69) is 31.1 Å². The van der Waals surface area contributed by atoms with E-state index >= 15 is 0 Å². The Labute approximate surface area is 110 Å². The van der Waals surface area contributed by atoms with E-state index < -0.39 is 0 Å². The third-order valence-corrected chi connectivity index (χ3v) is 3.50. The normalized spacial score (nSPS) is 13.0. The number of aryl methyl sites for hydroxylation is 1. The maximum Gasteiger partial charge on any atom is 0.127 e. The molecule has 0 amide bonds. The Kier molecular flexibility index (Phi) is 6.30. The van der Waals surface area contributed by atoms with Crippen molar-refractivity contribution < 1.29 is 4.39 Å². The zero-order valence-electron chi connectivity index (χ0n) is 12.0. The van der Waals surface area contributed by atoms with Crippen molar-refractivity contribution in [2.24, 2.45) is 0 Å². The summed E-state index contributed by atoms with van der Waals surface area (Å²) >= 11 is 0. The minimum absolute atomic E-state index is 0.122. The summed E-state index contributed by atoms with van der Waals surface area (Å²) < 4.78 is 13.5. The van der Waals surface area contributed by atoms with E-state index in [4.69, 9.17) is 0 Å². The number of hydrogen-bond donors (Lipinski definition) is 1. The number of benzene rings is 1. The lowest BCUT2D eigenvalue weighted by molar-refractivity contribution is 0.251. The molecule has 0 spiro atoms. The third-order valence-electron chi connectivity index (χ3n) is 3.50. The lowest BCUT2D eigenvalue weighted by Gasteiger charge is -2.23. The second kappa shape index (κ2) is 7.49. The molecule has 0 saturated heterocycles. The summed E-state index contributed by atoms with van der Waals surface area (Å²) in [6.45, 7) is 8.87. The van der Waals surface area contributed by atoms with Gasteiger partial charge in [0.05, 0.1) is 0 Å². The van der Waals surface area contributed by atoms with E-state index in [1.54, 1.807) is 6.07 Å². The highest BCUT2D eigenvalue weighted by atomic mass is 19.1. The summed E-state index contributed by atoms with van der Waals surface area (Å²) in [5, 5.41) is 3.30. The summed E-state index contributed by atoms with van der Waals surface area (Å²) in [6.07, 6.45) is 1.16. The van der Waals surface area contributed by atoms with Crippen LogP contribution in [0.4, 0.5) is 4.39 Å². The monoisotopic (exact) mass is 252 g/mol. The van der Waals surface area contributed by atoms with Crippen molar-refractivity contribution in [3.8, 4) is 0 Å². The first-order chi connectivity index (χ1) is 8.54. The molecule has 2 nitrogen and oxygen atoms in total. The molecular weight excluding hydrogens is 227 g/mol. The molecule has 1 aromatic carbocycles. The summed E-state index contributed by atoms with van der Waals surface area (Å²) in [6, 6.07) is 5.84. The van der Waals surface area contributed by atoms with Crippen LogP contribution in [0.25, 0.3) is 0 Å². The van der Waals surface area contributed by atoms with E-state index in [1.165, 1.54) is 6.07 Å². The van der Waals surface area contributed by atoms with E-state index in [1.807, 2.05) is 13.0 Å². The van der Waals surface area contributed by atoms with Crippen LogP contribution in [0.2, 0.25) is 0 Å². The zero-order chi connectivity index (χ0) is 13.5. The predicted octanol–water partition coefficient (Wildman–Crippen LogP) is 2.95. The SMILES string of the molecule is CCC(C)N(C)CCNCc1cc(C)ccc1F. The molecule has 1 N–H and O–H groups in total. The quantitative estimate of drug-likeness (QED) is 0.751. The Morgan fingerprint density at radius 1 is 1.39 bits per heavy atom. The van der Waals surface area contributed by atoms with Gasteiger partial charge in [0, 0.05) is 31.2 Å². The number of nitrogens with zero attached hydrogens (tertiary/aromatic N) is 1. The largest absolute Gasteiger partial charge is 0.311 e. The molecule has 0 aliphatic heterocycles. The van der Waals surface area contributed by atoms with Crippen LogP contribution in [0.3, 0.4) is 0 Å². The number of likely N-dealkylation sites (N-methyl/N-ethyl adjacent to an activating group) is 1. The highest BCUT2D eigenvalue weighted by molar-refractivity contribution is 5.23. The molecule has 18 heavy (non-hydrogen) atoms. The third kappa shape index (κ3) is 4.75. The van der Waals surface area contributed by atoms with Crippen LogP contribution < -0.4 is 5.32 Å². The van der Waals surface area contributed by atoms with Gasteiger partial charge in [-0.25, -0.2) is 4.39 Å². The highest BCUT2D eigenvalue weighted by Gasteiger charge is 2.06. The Morgan fingerprint density at radius 3 is 2.78 bits per heavy atom. The molecule has 1 aromatic rings. The molecule has 0 aromatic heterocycles. The van der Waals surface area contributed by atoms with Gasteiger partial charge in [0.25, 0.3) is 0 Å². The Morgan fingerprint density at radius 2 is 2.11 bits per heavy atom. The van der Waals surface area contributed by atoms with Crippen LogP contribution in [-0.4, -0.2) is 31.1 Å². The fourth-order valence-corrected chi connectivity index (χ4v) is 1.85. The number of hydrogen-bond acceptors (Lipinski definition) is 2. The molecule has 0 saturated carbocycles. The van der Waals surface area contributed by atoms with Crippen LogP contribution in [0.1, 0.15) is 31.4 Å². The molecule has 1 rings (SSSR count). The molecule has 1 unspecified atom stereocenters. The summed E-state index contributed by atoms with van der Waals surface area (Å²) in [7, 11) is 2.13. The first-order valence-corrected chi connectivity index (χ1v) is 6.70. The van der Waals surface area contributed by atoms with Gasteiger partial charge in [-0.15, -0.1) is 0 Å². The fourth-order valence-electron chi connectivity index (χ4n) is 1.85. The van der Waals surface area contributed by atoms with Gasteiger partial charge in [0.15, 0.2) is 0 Å². The molecule has 0 aliphatic carbocycles. The predicted molar refractivity (Wildman–Crippen MR) is 75.2 cm³/mol. The van der Waals surface area contributed by atoms with E-state index in [9.17, 15) is 4.39 Å². The van der Waals surface area contributed by atoms with Crippen molar-refractivity contribution >= 4 is 0 Å². The molecule has 0 fully saturated rings. The fraction of sp³-hybridized carbons (Fsp3) is 0.600. The zero-order valence-corrected chi connectivity index (χ0v) is 12.0. The average molecular weight is 252 g/mol. The average Bonchev–Trinajstić information content (AvgIpc) is 2.37. The number of nitrogens with one attached hydrogen (secondary N) is 1. The van der Waals surface area contributed by atoms with Gasteiger partial charge < -0.3 is 10.2 Å². The van der Waals surface area contributed by atoms with Gasteiger partial charge in [0.2, 0.25) is 0 Å². The van der Waals surface area contributed by atoms with E-state index in [-0.39, 0.29) is 5.82 Å². The molecule has 0 radical (unpaired) electrons. The Balaban J connectivity index is 2.31. The molecule has 102 valence electrons. The van der Waals surface area contributed by atoms with Crippen molar-refractivity contribution in [2.45, 2.75) is 39.8 Å². The topological polar surface area (TPSA) is 15.3 Å². The maximum atomic E-state index is 13.5. The van der Waals surface area contributed by atoms with Crippen molar-refractivity contribution in [1.29, 1.82) is 0 Å². The van der Waals surface area contributed by atoms with Crippen molar-refractivity contribution in [2.75, 3.05) is 20.1 Å². The summed E-state index contributed by atoms with van der Waals surface area (Å²) in [4.78, 5) is 2.32. The summed E-state index contributed by atoms with van der Waals surface area (Å²) in [5.74, 6) is -0.122. The minimum atomic E-state index is -0.122. The van der Waals surface area contributed by atoms with Crippen molar-refractivity contribution in [3.05, 3.63) is 35.1 Å². The molecule has 0 aliphatic rings. The minimum Gasteiger partial charge on any atom is -0.311 e. The number of halogens is 1. The molecular formula is C15H25FN2. The van der Waals surface area contributed by atoms with Gasteiger partial charge in [-0.2, -0.15) is 0 Å². The Hall–Kier alpha value is -0.930. The van der Waals surface area contributed by atoms with E-state index in [0.717, 1.165) is 30.6 Å². The van der Waals surface area contributed by atoms with Gasteiger partial charge in [-0.1, -0.05) is 24.6 Å². The van der Waals surface area contributed by atoms with Crippen molar-refractivity contribution in [1.82, 2.24) is 10.2 Å². The second-order valence-electron chi connectivity index (χ2n) is 5.01. The van der Waals surface area contributed by atoms with Crippen LogP contribution in [0.5, 0.6) is 0 Å². The maximum absolute atomic E-state index is 13.5. The molecule has 0 heterocycles. The van der Waals surface area contributed by atoms with Gasteiger partial charge >= 0.3 is 0 Å². The van der Waals surface area contributed by atoms with Crippen LogP contribution in [0.15, 0.2) is 18.2 Å². The molecule has 0 bridgehead atoms. The standard InChI is InChI=1S/C15H25FN2/c1-5-13(3)18(4)9-8-17-11-14-10-12(2)6-7-15(14)16/h6-7,10,13,17H,5,8-9,11H2,1-4H3. The van der Waals surface area contributed by atoms with Gasteiger partial charge in [0.1, 0.15) is 5.82 Å². The van der Waals surface area contributed by atoms with Crippen LogP contribution in [-0.2, 0) is 6.54 Å².